The maximum atomic E-state index is 12.3. The zero-order chi connectivity index (χ0) is 30.1. The molecule has 0 radical (unpaired) electrons. The van der Waals surface area contributed by atoms with Gasteiger partial charge in [-0.25, -0.2) is 18.5 Å². The lowest BCUT2D eigenvalue weighted by Crippen LogP contribution is -2.33. The number of nitrogens with one attached hydrogen (secondary N) is 2. The van der Waals surface area contributed by atoms with Gasteiger partial charge in [0.25, 0.3) is 5.56 Å². The van der Waals surface area contributed by atoms with Crippen molar-refractivity contribution in [1.82, 2.24) is 14.9 Å². The Morgan fingerprint density at radius 1 is 1.12 bits per heavy atom. The lowest BCUT2D eigenvalue weighted by molar-refractivity contribution is -0.116. The number of unbranched alkanes of at least 4 members (excludes halogenated alkanes) is 3. The third-order valence-electron chi connectivity index (χ3n) is 5.17. The monoisotopic (exact) mass is 636 g/mol. The number of nitrogens with two attached hydrogens (primary N) is 1. The van der Waals surface area contributed by atoms with Gasteiger partial charge in [0.05, 0.1) is 18.3 Å². The third-order valence-corrected chi connectivity index (χ3v) is 8.97. The van der Waals surface area contributed by atoms with Gasteiger partial charge in [0.15, 0.2) is 0 Å². The van der Waals surface area contributed by atoms with E-state index in [-0.39, 0.29) is 12.0 Å². The Bertz CT molecular complexity index is 1310. The summed E-state index contributed by atoms with van der Waals surface area (Å²) < 4.78 is 51.9. The maximum Gasteiger partial charge on any atom is 0.490 e. The van der Waals surface area contributed by atoms with Crippen LogP contribution < -0.4 is 22.3 Å². The zero-order valence-corrected chi connectivity index (χ0v) is 23.5. The van der Waals surface area contributed by atoms with Gasteiger partial charge >= 0.3 is 29.2 Å². The van der Waals surface area contributed by atoms with Crippen molar-refractivity contribution in [3.8, 4) is 0 Å². The van der Waals surface area contributed by atoms with Gasteiger partial charge in [0.2, 0.25) is 5.91 Å². The second-order valence-corrected chi connectivity index (χ2v) is 12.8. The number of rotatable bonds is 16. The third kappa shape index (κ3) is 12.0. The number of phosphoric acid groups is 3. The largest absolute Gasteiger partial charge is 0.490 e. The summed E-state index contributed by atoms with van der Waals surface area (Å²) in [7, 11) is -16.8. The lowest BCUT2D eigenvalue weighted by atomic mass is 10.2. The molecule has 1 aliphatic heterocycles. The number of aromatic nitrogens is 2. The number of hydrogen-bond acceptors (Lipinski definition) is 12. The summed E-state index contributed by atoms with van der Waals surface area (Å²) >= 11 is 0. The molecular weight excluding hydrogens is 605 g/mol. The normalized spacial score (nSPS) is 22.7. The minimum absolute atomic E-state index is 0.104. The van der Waals surface area contributed by atoms with E-state index in [2.05, 4.69) is 18.5 Å². The van der Waals surface area contributed by atoms with E-state index in [4.69, 9.17) is 20.3 Å². The summed E-state index contributed by atoms with van der Waals surface area (Å²) in [5, 5.41) is 12.9. The molecular formula is C18H31N4O15P3. The Balaban J connectivity index is 2.00. The lowest BCUT2D eigenvalue weighted by Gasteiger charge is -2.19. The number of aromatic amines is 1. The number of phosphoric ester groups is 1. The van der Waals surface area contributed by atoms with Crippen molar-refractivity contribution < 1.29 is 61.1 Å². The van der Waals surface area contributed by atoms with Crippen molar-refractivity contribution in [2.45, 2.75) is 50.5 Å². The Kier molecular flexibility index (Phi) is 12.8. The fraction of sp³-hybridized carbons (Fsp3) is 0.611. The number of H-pyrrole nitrogens is 1. The Labute approximate surface area is 226 Å². The smallest absolute Gasteiger partial charge is 0.390 e. The quantitative estimate of drug-likeness (QED) is 0.0624. The molecule has 1 aromatic rings. The molecule has 2 heterocycles. The fourth-order valence-electron chi connectivity index (χ4n) is 3.40. The summed E-state index contributed by atoms with van der Waals surface area (Å²) in [5.74, 6) is -0.477. The van der Waals surface area contributed by atoms with Crippen LogP contribution >= 0.6 is 23.5 Å². The molecule has 0 aromatic carbocycles. The van der Waals surface area contributed by atoms with E-state index in [1.54, 1.807) is 0 Å². The average Bonchev–Trinajstić information content (AvgIpc) is 3.17. The van der Waals surface area contributed by atoms with Crippen molar-refractivity contribution in [2.24, 2.45) is 5.73 Å². The number of nitrogens with zero attached hydrogens (tertiary/aromatic N) is 1. The first-order chi connectivity index (χ1) is 18.5. The number of carbonyl (C=O) groups is 1. The van der Waals surface area contributed by atoms with Crippen molar-refractivity contribution in [3.05, 3.63) is 38.7 Å². The molecule has 1 amide bonds. The minimum Gasteiger partial charge on any atom is -0.390 e. The predicted octanol–water partition coefficient (Wildman–Crippen LogP) is -0.823. The highest BCUT2D eigenvalue weighted by atomic mass is 31.3. The number of aliphatic hydroxyl groups excluding tert-OH is 1. The number of hydrogen-bond donors (Lipinski definition) is 8. The molecule has 1 saturated heterocycles. The molecule has 0 saturated carbocycles. The zero-order valence-electron chi connectivity index (χ0n) is 20.8. The van der Waals surface area contributed by atoms with Gasteiger partial charge in [-0.2, -0.15) is 8.62 Å². The van der Waals surface area contributed by atoms with Crippen LogP contribution in [0.5, 0.6) is 0 Å². The molecule has 9 N–H and O–H groups in total. The van der Waals surface area contributed by atoms with Crippen LogP contribution in [0.25, 0.3) is 6.08 Å². The number of amides is 1. The van der Waals surface area contributed by atoms with Crippen LogP contribution in [0.2, 0.25) is 0 Å². The molecule has 228 valence electrons. The van der Waals surface area contributed by atoms with E-state index in [0.29, 0.717) is 13.1 Å². The molecule has 40 heavy (non-hydrogen) atoms. The van der Waals surface area contributed by atoms with Gasteiger partial charge in [0.1, 0.15) is 12.3 Å². The van der Waals surface area contributed by atoms with E-state index in [1.165, 1.54) is 0 Å². The van der Waals surface area contributed by atoms with Gasteiger partial charge < -0.3 is 40.5 Å². The van der Waals surface area contributed by atoms with Crippen LogP contribution in [-0.4, -0.2) is 72.0 Å². The summed E-state index contributed by atoms with van der Waals surface area (Å²) in [4.78, 5) is 74.4. The van der Waals surface area contributed by atoms with E-state index in [0.717, 1.165) is 48.6 Å². The van der Waals surface area contributed by atoms with Crippen LogP contribution in [0, 0.1) is 0 Å². The number of aliphatic hydroxyl groups is 1. The number of carbonyl (C=O) groups excluding carboxylic acids is 1. The molecule has 0 bridgehead atoms. The second kappa shape index (κ2) is 14.9. The van der Waals surface area contributed by atoms with E-state index in [9.17, 15) is 43.0 Å². The van der Waals surface area contributed by atoms with Crippen molar-refractivity contribution in [2.75, 3.05) is 19.7 Å². The standard InChI is InChI=1S/C18H31N4O15P3/c19-7-3-1-2-4-8-20-15(24)6-5-12-10-22(18(26)21-17(12)25)16-9-13(23)14(35-16)11-34-39(30,31)37-40(32,33)36-38(27,28)29/h5-6,10,13-14,16,23H,1-4,7-9,11,19H2,(H,20,24)(H,30,31)(H,32,33)(H,21,25,26)(H2,27,28,29)/t13-,14-,16-/m1/s1. The maximum absolute atomic E-state index is 12.3. The van der Waals surface area contributed by atoms with Crippen LogP contribution in [0.15, 0.2) is 21.9 Å². The fourth-order valence-corrected chi connectivity index (χ4v) is 6.43. The second-order valence-electron chi connectivity index (χ2n) is 8.40. The topological polar surface area (TPSA) is 299 Å². The predicted molar refractivity (Wildman–Crippen MR) is 135 cm³/mol. The number of ether oxygens (including phenoxy) is 1. The van der Waals surface area contributed by atoms with Gasteiger partial charge in [0, 0.05) is 25.2 Å². The molecule has 2 unspecified atom stereocenters. The minimum atomic E-state index is -5.74. The first-order valence-corrected chi connectivity index (χ1v) is 16.2. The van der Waals surface area contributed by atoms with Gasteiger partial charge in [-0.15, -0.1) is 0 Å². The van der Waals surface area contributed by atoms with Crippen LogP contribution in [0.1, 0.15) is 43.9 Å². The Morgan fingerprint density at radius 2 is 1.80 bits per heavy atom. The average molecular weight is 636 g/mol. The Morgan fingerprint density at radius 3 is 2.45 bits per heavy atom. The highest BCUT2D eigenvalue weighted by molar-refractivity contribution is 7.66. The molecule has 0 aliphatic carbocycles. The Hall–Kier alpha value is -1.82. The highest BCUT2D eigenvalue weighted by Crippen LogP contribution is 2.66. The van der Waals surface area contributed by atoms with Gasteiger partial charge in [-0.3, -0.25) is 23.7 Å². The van der Waals surface area contributed by atoms with Crippen molar-refractivity contribution >= 4 is 35.5 Å². The van der Waals surface area contributed by atoms with E-state index >= 15 is 0 Å². The van der Waals surface area contributed by atoms with Crippen LogP contribution in [-0.2, 0) is 36.4 Å². The highest BCUT2D eigenvalue weighted by Gasteiger charge is 2.43. The molecule has 1 aliphatic rings. The van der Waals surface area contributed by atoms with Gasteiger partial charge in [-0.05, 0) is 25.5 Å². The first-order valence-electron chi connectivity index (χ1n) is 11.7. The molecule has 2 rings (SSSR count). The molecule has 1 fully saturated rings. The summed E-state index contributed by atoms with van der Waals surface area (Å²) in [6, 6.07) is 0. The molecule has 19 nitrogen and oxygen atoms in total. The summed E-state index contributed by atoms with van der Waals surface area (Å²) in [6.07, 6.45) is 2.49. The van der Waals surface area contributed by atoms with Crippen LogP contribution in [0.4, 0.5) is 0 Å². The van der Waals surface area contributed by atoms with Crippen LogP contribution in [0.3, 0.4) is 0 Å². The van der Waals surface area contributed by atoms with Gasteiger partial charge in [-0.1, -0.05) is 12.8 Å². The van der Waals surface area contributed by atoms with Crippen molar-refractivity contribution in [3.63, 3.8) is 0 Å². The molecule has 0 spiro atoms. The van der Waals surface area contributed by atoms with E-state index in [1.807, 2.05) is 4.98 Å². The first kappa shape index (κ1) is 34.4. The van der Waals surface area contributed by atoms with E-state index < -0.39 is 65.7 Å². The molecule has 5 atom stereocenters. The molecule has 22 heteroatoms. The molecule has 1 aromatic heterocycles. The summed E-state index contributed by atoms with van der Waals surface area (Å²) in [6.45, 7) is 0.0666. The van der Waals surface area contributed by atoms with Crippen molar-refractivity contribution in [1.29, 1.82) is 0 Å². The SMILES string of the molecule is NCCCCCCNC(=O)C=Cc1cn([C@H]2C[C@@H](O)[C@@H](COP(=O)(O)OP(=O)(O)OP(=O)(O)O)O2)c(=O)[nH]c1=O. The summed E-state index contributed by atoms with van der Waals surface area (Å²) in [5.41, 5.74) is 3.57.